The van der Waals surface area contributed by atoms with Gasteiger partial charge in [0.05, 0.1) is 14.2 Å². The van der Waals surface area contributed by atoms with Crippen LogP contribution in [0.2, 0.25) is 5.02 Å². The molecule has 4 nitrogen and oxygen atoms in total. The van der Waals surface area contributed by atoms with Crippen LogP contribution in [-0.4, -0.2) is 24.4 Å². The number of hydrogen-bond donors (Lipinski definition) is 2. The third-order valence-corrected chi connectivity index (χ3v) is 5.00. The summed E-state index contributed by atoms with van der Waals surface area (Å²) in [6, 6.07) is 20.8. The molecule has 1 atom stereocenters. The van der Waals surface area contributed by atoms with E-state index in [1.165, 1.54) is 0 Å². The smallest absolute Gasteiger partial charge is 0.145 e. The predicted octanol–water partition coefficient (Wildman–Crippen LogP) is 4.33. The van der Waals surface area contributed by atoms with Crippen molar-refractivity contribution >= 4 is 11.6 Å². The monoisotopic (exact) mass is 384 g/mol. The van der Waals surface area contributed by atoms with E-state index in [-0.39, 0.29) is 0 Å². The van der Waals surface area contributed by atoms with Gasteiger partial charge in [-0.3, -0.25) is 0 Å². The third-order valence-electron chi connectivity index (χ3n) is 4.66. The molecule has 0 aliphatic heterocycles. The fourth-order valence-electron chi connectivity index (χ4n) is 3.09. The maximum Gasteiger partial charge on any atom is 0.145 e. The molecule has 0 bridgehead atoms. The first-order valence-electron chi connectivity index (χ1n) is 8.44. The fourth-order valence-corrected chi connectivity index (χ4v) is 3.33. The highest BCUT2D eigenvalue weighted by Gasteiger charge is 2.41. The van der Waals surface area contributed by atoms with E-state index < -0.39 is 11.7 Å². The Bertz CT molecular complexity index is 843. The van der Waals surface area contributed by atoms with Gasteiger partial charge < -0.3 is 19.7 Å². The van der Waals surface area contributed by atoms with Crippen LogP contribution in [-0.2, 0) is 5.60 Å². The Kier molecular flexibility index (Phi) is 5.71. The molecule has 0 amide bonds. The zero-order valence-corrected chi connectivity index (χ0v) is 15.9. The average Bonchev–Trinajstić information content (AvgIpc) is 2.73. The van der Waals surface area contributed by atoms with Gasteiger partial charge in [0, 0.05) is 10.6 Å². The Hall–Kier alpha value is -2.53. The third kappa shape index (κ3) is 3.65. The number of benzene rings is 3. The van der Waals surface area contributed by atoms with Gasteiger partial charge >= 0.3 is 0 Å². The van der Waals surface area contributed by atoms with E-state index in [4.69, 9.17) is 21.1 Å². The van der Waals surface area contributed by atoms with Gasteiger partial charge in [0.1, 0.15) is 23.2 Å². The lowest BCUT2D eigenvalue weighted by Gasteiger charge is -2.35. The second kappa shape index (κ2) is 8.01. The second-order valence-electron chi connectivity index (χ2n) is 6.15. The number of aliphatic hydroxyl groups excluding tert-OH is 1. The summed E-state index contributed by atoms with van der Waals surface area (Å²) in [5, 5.41) is 23.3. The molecular formula is C22H21ClO4. The quantitative estimate of drug-likeness (QED) is 0.664. The average molecular weight is 385 g/mol. The Balaban J connectivity index is 2.16. The molecule has 1 unspecified atom stereocenters. The standard InChI is InChI=1S/C22H21ClO4/c1-26-17-11-7-15(8-12-17)22(25,16-9-13-18(27-2)14-10-16)21(24)19-5-3-4-6-20(19)23/h3-14,21,24-25H,1-2H3. The summed E-state index contributed by atoms with van der Waals surface area (Å²) >= 11 is 6.28. The topological polar surface area (TPSA) is 58.9 Å². The van der Waals surface area contributed by atoms with Crippen molar-refractivity contribution < 1.29 is 19.7 Å². The molecule has 27 heavy (non-hydrogen) atoms. The number of rotatable bonds is 6. The summed E-state index contributed by atoms with van der Waals surface area (Å²) in [4.78, 5) is 0. The van der Waals surface area contributed by atoms with Gasteiger partial charge in [0.25, 0.3) is 0 Å². The zero-order chi connectivity index (χ0) is 19.4. The maximum atomic E-state index is 11.7. The van der Waals surface area contributed by atoms with Crippen molar-refractivity contribution in [3.63, 3.8) is 0 Å². The minimum absolute atomic E-state index is 0.380. The highest BCUT2D eigenvalue weighted by molar-refractivity contribution is 6.31. The lowest BCUT2D eigenvalue weighted by atomic mass is 9.79. The first-order valence-corrected chi connectivity index (χ1v) is 8.82. The van der Waals surface area contributed by atoms with E-state index in [1.54, 1.807) is 87.0 Å². The SMILES string of the molecule is COc1ccc(C(O)(c2ccc(OC)cc2)C(O)c2ccccc2Cl)cc1. The van der Waals surface area contributed by atoms with E-state index in [2.05, 4.69) is 0 Å². The van der Waals surface area contributed by atoms with Crippen molar-refractivity contribution in [2.45, 2.75) is 11.7 Å². The minimum Gasteiger partial charge on any atom is -0.497 e. The summed E-state index contributed by atoms with van der Waals surface area (Å²) in [7, 11) is 3.15. The summed E-state index contributed by atoms with van der Waals surface area (Å²) < 4.78 is 10.4. The van der Waals surface area contributed by atoms with Crippen molar-refractivity contribution in [1.82, 2.24) is 0 Å². The van der Waals surface area contributed by atoms with Crippen LogP contribution in [0, 0.1) is 0 Å². The van der Waals surface area contributed by atoms with E-state index in [0.29, 0.717) is 33.2 Å². The normalized spacial score (nSPS) is 12.5. The van der Waals surface area contributed by atoms with Gasteiger partial charge in [-0.1, -0.05) is 54.1 Å². The fraction of sp³-hybridized carbons (Fsp3) is 0.182. The number of halogens is 1. The maximum absolute atomic E-state index is 11.7. The van der Waals surface area contributed by atoms with Gasteiger partial charge in [-0.05, 0) is 41.5 Å². The summed E-state index contributed by atoms with van der Waals surface area (Å²) in [5.41, 5.74) is -0.251. The summed E-state index contributed by atoms with van der Waals surface area (Å²) in [5.74, 6) is 1.31. The van der Waals surface area contributed by atoms with E-state index in [0.717, 1.165) is 0 Å². The number of aliphatic hydroxyl groups is 2. The first kappa shape index (κ1) is 19.2. The Labute approximate surface area is 163 Å². The van der Waals surface area contributed by atoms with Gasteiger partial charge in [-0.2, -0.15) is 0 Å². The molecule has 3 aromatic carbocycles. The summed E-state index contributed by atoms with van der Waals surface area (Å²) in [6.45, 7) is 0. The minimum atomic E-state index is -1.72. The summed E-state index contributed by atoms with van der Waals surface area (Å²) in [6.07, 6.45) is -1.28. The Morgan fingerprint density at radius 1 is 0.778 bits per heavy atom. The van der Waals surface area contributed by atoms with Crippen LogP contribution in [0.3, 0.4) is 0 Å². The highest BCUT2D eigenvalue weighted by Crippen LogP contribution is 2.43. The van der Waals surface area contributed by atoms with E-state index in [1.807, 2.05) is 0 Å². The molecule has 0 saturated heterocycles. The number of ether oxygens (including phenoxy) is 2. The predicted molar refractivity (Wildman–Crippen MR) is 105 cm³/mol. The van der Waals surface area contributed by atoms with Gasteiger partial charge in [0.15, 0.2) is 0 Å². The molecule has 0 fully saturated rings. The molecule has 0 aromatic heterocycles. The van der Waals surface area contributed by atoms with Crippen molar-refractivity contribution in [2.24, 2.45) is 0 Å². The molecule has 0 spiro atoms. The number of methoxy groups -OCH3 is 2. The first-order chi connectivity index (χ1) is 13.0. The lowest BCUT2D eigenvalue weighted by molar-refractivity contribution is -0.0517. The lowest BCUT2D eigenvalue weighted by Crippen LogP contribution is -2.35. The Morgan fingerprint density at radius 3 is 1.63 bits per heavy atom. The van der Waals surface area contributed by atoms with Gasteiger partial charge in [-0.15, -0.1) is 0 Å². The van der Waals surface area contributed by atoms with Crippen molar-refractivity contribution in [3.8, 4) is 11.5 Å². The van der Waals surface area contributed by atoms with Crippen LogP contribution in [0.5, 0.6) is 11.5 Å². The van der Waals surface area contributed by atoms with E-state index in [9.17, 15) is 10.2 Å². The number of hydrogen-bond acceptors (Lipinski definition) is 4. The molecule has 2 N–H and O–H groups in total. The van der Waals surface area contributed by atoms with Crippen LogP contribution in [0.1, 0.15) is 22.8 Å². The molecule has 0 aliphatic carbocycles. The van der Waals surface area contributed by atoms with Crippen LogP contribution in [0.4, 0.5) is 0 Å². The largest absolute Gasteiger partial charge is 0.497 e. The molecule has 0 heterocycles. The van der Waals surface area contributed by atoms with Crippen LogP contribution >= 0.6 is 11.6 Å². The zero-order valence-electron chi connectivity index (χ0n) is 15.1. The molecule has 140 valence electrons. The molecule has 5 heteroatoms. The van der Waals surface area contributed by atoms with Gasteiger partial charge in [0.2, 0.25) is 0 Å². The molecule has 0 aliphatic rings. The van der Waals surface area contributed by atoms with Crippen LogP contribution in [0.15, 0.2) is 72.8 Å². The Morgan fingerprint density at radius 2 is 1.22 bits per heavy atom. The van der Waals surface area contributed by atoms with Crippen LogP contribution < -0.4 is 9.47 Å². The van der Waals surface area contributed by atoms with Gasteiger partial charge in [-0.25, -0.2) is 0 Å². The van der Waals surface area contributed by atoms with Crippen LogP contribution in [0.25, 0.3) is 0 Å². The molecule has 3 rings (SSSR count). The van der Waals surface area contributed by atoms with E-state index >= 15 is 0 Å². The second-order valence-corrected chi connectivity index (χ2v) is 6.55. The molecule has 3 aromatic rings. The molecule has 0 radical (unpaired) electrons. The van der Waals surface area contributed by atoms with Crippen molar-refractivity contribution in [1.29, 1.82) is 0 Å². The van der Waals surface area contributed by atoms with Crippen molar-refractivity contribution in [2.75, 3.05) is 14.2 Å². The molecular weight excluding hydrogens is 364 g/mol. The van der Waals surface area contributed by atoms with Crippen molar-refractivity contribution in [3.05, 3.63) is 94.5 Å². The highest BCUT2D eigenvalue weighted by atomic mass is 35.5. The molecule has 0 saturated carbocycles.